The molecule has 0 bridgehead atoms. The van der Waals surface area contributed by atoms with Crippen LogP contribution in [0.2, 0.25) is 0 Å². The van der Waals surface area contributed by atoms with E-state index in [1.807, 2.05) is 0 Å². The normalized spacial score (nSPS) is 5.25. The molecule has 0 rings (SSSR count). The van der Waals surface area contributed by atoms with E-state index in [4.69, 9.17) is 0 Å². The second-order valence-corrected chi connectivity index (χ2v) is 1.16. The number of hydrogen-bond donors (Lipinski definition) is 2. The predicted molar refractivity (Wildman–Crippen MR) is 36.6 cm³/mol. The molecular formula is C4H10N2SY-2. The van der Waals surface area contributed by atoms with Crippen molar-refractivity contribution in [2.75, 3.05) is 7.05 Å². The first-order valence-corrected chi connectivity index (χ1v) is 1.97. The summed E-state index contributed by atoms with van der Waals surface area (Å²) in [4.78, 5) is 0. The van der Waals surface area contributed by atoms with Crippen LogP contribution in [0.1, 0.15) is 0 Å². The van der Waals surface area contributed by atoms with Gasteiger partial charge in [0.2, 0.25) is 0 Å². The van der Waals surface area contributed by atoms with Crippen molar-refractivity contribution in [1.82, 2.24) is 10.6 Å². The summed E-state index contributed by atoms with van der Waals surface area (Å²) in [5.74, 6) is 0. The average molecular weight is 207 g/mol. The molecule has 2 nitrogen and oxygen atoms in total. The van der Waals surface area contributed by atoms with Gasteiger partial charge >= 0.3 is 0 Å². The largest absolute Gasteiger partial charge is 0.515 e. The number of rotatable bonds is 0. The van der Waals surface area contributed by atoms with Crippen molar-refractivity contribution in [3.63, 3.8) is 0 Å². The van der Waals surface area contributed by atoms with Crippen molar-refractivity contribution in [2.45, 2.75) is 0 Å². The summed E-state index contributed by atoms with van der Waals surface area (Å²) >= 11 is 4.57. The molecule has 0 heterocycles. The Labute approximate surface area is 81.7 Å². The van der Waals surface area contributed by atoms with Crippen LogP contribution in [0.25, 0.3) is 0 Å². The van der Waals surface area contributed by atoms with Gasteiger partial charge in [-0.25, -0.2) is 0 Å². The van der Waals surface area contributed by atoms with Crippen molar-refractivity contribution in [3.05, 3.63) is 14.5 Å². The van der Waals surface area contributed by atoms with Crippen LogP contribution in [-0.4, -0.2) is 12.2 Å². The smallest absolute Gasteiger partial charge is 0.136 e. The summed E-state index contributed by atoms with van der Waals surface area (Å²) in [6.45, 7) is 0. The molecule has 0 saturated carbocycles. The van der Waals surface area contributed by atoms with E-state index in [-0.39, 0.29) is 40.1 Å². The van der Waals surface area contributed by atoms with Crippen molar-refractivity contribution < 1.29 is 32.7 Å². The first-order valence-electron chi connectivity index (χ1n) is 1.56. The van der Waals surface area contributed by atoms with E-state index in [9.17, 15) is 0 Å². The first-order chi connectivity index (χ1) is 2.81. The zero-order valence-electron chi connectivity index (χ0n) is 5.19. The summed E-state index contributed by atoms with van der Waals surface area (Å²) in [6, 6.07) is 0. The third-order valence-electron chi connectivity index (χ3n) is 0.388. The quantitative estimate of drug-likeness (QED) is 0.442. The van der Waals surface area contributed by atoms with Gasteiger partial charge in [-0.1, -0.05) is 0 Å². The Bertz CT molecular complexity index is 52.0. The van der Waals surface area contributed by atoms with E-state index in [0.29, 0.717) is 5.11 Å². The Balaban J connectivity index is -0.000000125. The molecule has 0 amide bonds. The van der Waals surface area contributed by atoms with E-state index in [1.54, 1.807) is 7.05 Å². The molecule has 4 heteroatoms. The maximum absolute atomic E-state index is 4.57. The van der Waals surface area contributed by atoms with Crippen LogP contribution in [0.3, 0.4) is 0 Å². The van der Waals surface area contributed by atoms with E-state index in [2.05, 4.69) is 29.9 Å². The molecule has 0 aromatic heterocycles. The Kier molecular flexibility index (Phi) is 21.3. The van der Waals surface area contributed by atoms with Crippen molar-refractivity contribution in [2.24, 2.45) is 0 Å². The Hall–Kier alpha value is 0.794. The van der Waals surface area contributed by atoms with Gasteiger partial charge in [-0.2, -0.15) is 0 Å². The summed E-state index contributed by atoms with van der Waals surface area (Å²) < 4.78 is 0. The average Bonchev–Trinajstić information content (AvgIpc) is 1.65. The van der Waals surface area contributed by atoms with Crippen LogP contribution in [0.4, 0.5) is 0 Å². The van der Waals surface area contributed by atoms with Crippen molar-refractivity contribution in [3.8, 4) is 0 Å². The zero-order chi connectivity index (χ0) is 4.99. The molecule has 0 saturated heterocycles. The van der Waals surface area contributed by atoms with Gasteiger partial charge in [0.25, 0.3) is 0 Å². The fraction of sp³-hybridized carbons (Fsp3) is 0.250. The molecular weight excluding hydrogens is 197 g/mol. The fourth-order valence-corrected chi connectivity index (χ4v) is 0.0884. The number of hydrogen-bond acceptors (Lipinski definition) is 1. The number of thiocarbonyl (C=S) groups is 1. The fourth-order valence-electron chi connectivity index (χ4n) is 0.0884. The number of nitrogens with one attached hydrogen (secondary N) is 2. The van der Waals surface area contributed by atoms with Gasteiger partial charge in [0.05, 0.1) is 0 Å². The van der Waals surface area contributed by atoms with E-state index < -0.39 is 0 Å². The minimum atomic E-state index is 0. The molecule has 0 atom stereocenters. The molecule has 1 radical (unpaired) electrons. The first kappa shape index (κ1) is 15.9. The topological polar surface area (TPSA) is 24.1 Å². The summed E-state index contributed by atoms with van der Waals surface area (Å²) in [6.07, 6.45) is 0. The van der Waals surface area contributed by atoms with Gasteiger partial charge in [0, 0.05) is 39.8 Å². The molecule has 0 aliphatic rings. The van der Waals surface area contributed by atoms with Gasteiger partial charge in [-0.15, -0.1) is 0 Å². The Morgan fingerprint density at radius 1 is 1.62 bits per heavy atom. The molecule has 0 unspecified atom stereocenters. The van der Waals surface area contributed by atoms with Gasteiger partial charge in [-0.05, 0) is 12.2 Å². The van der Waals surface area contributed by atoms with Crippen LogP contribution in [0, 0.1) is 14.5 Å². The van der Waals surface area contributed by atoms with Crippen molar-refractivity contribution >= 4 is 17.3 Å². The minimum absolute atomic E-state index is 0. The maximum atomic E-state index is 4.57. The SMILES string of the molecule is [CH2-]NC(=S)NC.[CH3-].[Y]. The molecule has 2 N–H and O–H groups in total. The molecule has 0 aliphatic carbocycles. The van der Waals surface area contributed by atoms with Crippen LogP contribution < -0.4 is 10.6 Å². The second-order valence-electron chi connectivity index (χ2n) is 0.756. The molecule has 47 valence electrons. The molecule has 0 aromatic carbocycles. The molecule has 0 aliphatic heterocycles. The summed E-state index contributed by atoms with van der Waals surface area (Å²) in [5.41, 5.74) is 0. The molecule has 0 fully saturated rings. The zero-order valence-corrected chi connectivity index (χ0v) is 8.85. The van der Waals surface area contributed by atoms with Gasteiger partial charge in [0.15, 0.2) is 0 Å². The Morgan fingerprint density at radius 3 is 2.00 bits per heavy atom. The van der Waals surface area contributed by atoms with E-state index >= 15 is 0 Å². The molecule has 8 heavy (non-hydrogen) atoms. The van der Waals surface area contributed by atoms with Gasteiger partial charge in [-0.3, -0.25) is 7.05 Å². The molecule has 0 aromatic rings. The second kappa shape index (κ2) is 10.7. The summed E-state index contributed by atoms with van der Waals surface area (Å²) in [5, 5.41) is 5.72. The third-order valence-corrected chi connectivity index (χ3v) is 0.736. The maximum Gasteiger partial charge on any atom is 0.136 e. The summed E-state index contributed by atoms with van der Waals surface area (Å²) in [7, 11) is 5.04. The van der Waals surface area contributed by atoms with E-state index in [0.717, 1.165) is 0 Å². The Morgan fingerprint density at radius 2 is 2.00 bits per heavy atom. The predicted octanol–water partition coefficient (Wildman–Crippen LogP) is 0.320. The monoisotopic (exact) mass is 207 g/mol. The van der Waals surface area contributed by atoms with Gasteiger partial charge < -0.3 is 18.1 Å². The standard InChI is InChI=1S/C3H7N2S.CH3.Y/c1-4-3(6)5-2;;/h1H2,2H3,(H2,4,5,6);1H3;/q2*-1;. The van der Waals surface area contributed by atoms with E-state index in [1.165, 1.54) is 0 Å². The van der Waals surface area contributed by atoms with Crippen LogP contribution >= 0.6 is 12.2 Å². The van der Waals surface area contributed by atoms with Crippen LogP contribution in [0.5, 0.6) is 0 Å². The van der Waals surface area contributed by atoms with Gasteiger partial charge in [0.1, 0.15) is 5.11 Å². The minimum Gasteiger partial charge on any atom is -0.515 e. The molecule has 0 spiro atoms. The van der Waals surface area contributed by atoms with Crippen LogP contribution in [0.15, 0.2) is 0 Å². The third kappa shape index (κ3) is 9.92. The van der Waals surface area contributed by atoms with Crippen LogP contribution in [-0.2, 0) is 32.7 Å². The van der Waals surface area contributed by atoms with Crippen molar-refractivity contribution in [1.29, 1.82) is 0 Å².